The van der Waals surface area contributed by atoms with E-state index in [4.69, 9.17) is 0 Å². The predicted molar refractivity (Wildman–Crippen MR) is 185 cm³/mol. The predicted octanol–water partition coefficient (Wildman–Crippen LogP) is 11.4. The van der Waals surface area contributed by atoms with Crippen LogP contribution >= 0.6 is 0 Å². The fourth-order valence-electron chi connectivity index (χ4n) is 7.04. The van der Waals surface area contributed by atoms with Crippen LogP contribution in [0.25, 0.3) is 16.7 Å². The number of ketones is 2. The molecule has 1 unspecified atom stereocenters. The zero-order valence-electron chi connectivity index (χ0n) is 28.0. The molecule has 248 valence electrons. The van der Waals surface area contributed by atoms with Crippen LogP contribution in [0.4, 0.5) is 13.2 Å². The first-order valence-electron chi connectivity index (χ1n) is 17.2. The lowest BCUT2D eigenvalue weighted by molar-refractivity contribution is -0.137. The molecule has 0 bridgehead atoms. The molecule has 5 rings (SSSR count). The first kappa shape index (κ1) is 34.6. The number of hydrogen-bond acceptors (Lipinski definition) is 2. The summed E-state index contributed by atoms with van der Waals surface area (Å²) in [5, 5.41) is 0. The Kier molecular flexibility index (Phi) is 11.0. The summed E-state index contributed by atoms with van der Waals surface area (Å²) in [6.07, 6.45) is 11.6. The standard InChI is InChI=1S/C42H47F3O2/c1-41(2,3)28-37(46)18-10-7-12-29-22-30(24-35(23-29)31-13-8-9-14-31)25-40(47)38-19-6-4-5-15-32-20-21-34(27-39(32)38)33-16-11-17-36(26-33)42(43,44)45/h8-9,11,13,16-17,20-24,26-27,38H,4-7,10,12,14-15,18-19,25,28H2,1-3H3. The van der Waals surface area contributed by atoms with Crippen molar-refractivity contribution in [2.24, 2.45) is 5.41 Å². The van der Waals surface area contributed by atoms with Crippen LogP contribution in [-0.2, 0) is 35.0 Å². The van der Waals surface area contributed by atoms with Gasteiger partial charge in [0.05, 0.1) is 5.56 Å². The number of carbonyl (C=O) groups excluding carboxylic acids is 2. The largest absolute Gasteiger partial charge is 0.416 e. The van der Waals surface area contributed by atoms with Gasteiger partial charge in [-0.15, -0.1) is 0 Å². The minimum atomic E-state index is -4.42. The van der Waals surface area contributed by atoms with Crippen molar-refractivity contribution in [3.8, 4) is 11.1 Å². The molecule has 0 heterocycles. The summed E-state index contributed by atoms with van der Waals surface area (Å²) in [5.41, 5.74) is 7.20. The van der Waals surface area contributed by atoms with E-state index in [1.165, 1.54) is 23.3 Å². The minimum Gasteiger partial charge on any atom is -0.300 e. The molecule has 2 aliphatic rings. The number of fused-ring (bicyclic) bond motifs is 1. The second-order valence-corrected chi connectivity index (χ2v) is 14.6. The molecule has 0 spiro atoms. The summed E-state index contributed by atoms with van der Waals surface area (Å²) < 4.78 is 40.5. The maximum absolute atomic E-state index is 14.2. The molecule has 47 heavy (non-hydrogen) atoms. The SMILES string of the molecule is CC(C)(C)CC(=O)CCCCc1cc(CC(=O)C2CCCCCc3ccc(-c4cccc(C(F)(F)F)c4)cc32)cc(C2=CC=CC2)c1. The van der Waals surface area contributed by atoms with Crippen molar-refractivity contribution in [1.29, 1.82) is 0 Å². The molecular weight excluding hydrogens is 593 g/mol. The highest BCUT2D eigenvalue weighted by molar-refractivity contribution is 5.89. The second-order valence-electron chi connectivity index (χ2n) is 14.6. The van der Waals surface area contributed by atoms with Crippen molar-refractivity contribution in [3.05, 3.63) is 112 Å². The van der Waals surface area contributed by atoms with Crippen LogP contribution in [-0.4, -0.2) is 11.6 Å². The molecule has 2 nitrogen and oxygen atoms in total. The normalized spacial score (nSPS) is 16.7. The quantitative estimate of drug-likeness (QED) is 0.195. The number of aryl methyl sites for hydroxylation is 2. The number of rotatable bonds is 11. The van der Waals surface area contributed by atoms with E-state index in [1.807, 2.05) is 18.2 Å². The monoisotopic (exact) mass is 640 g/mol. The Labute approximate surface area is 278 Å². The van der Waals surface area contributed by atoms with Gasteiger partial charge >= 0.3 is 6.18 Å². The van der Waals surface area contributed by atoms with E-state index >= 15 is 0 Å². The van der Waals surface area contributed by atoms with Gasteiger partial charge in [0.25, 0.3) is 0 Å². The molecule has 3 aromatic rings. The topological polar surface area (TPSA) is 34.1 Å². The van der Waals surface area contributed by atoms with Gasteiger partial charge in [-0.05, 0) is 107 Å². The molecule has 0 fully saturated rings. The van der Waals surface area contributed by atoms with Gasteiger partial charge in [-0.3, -0.25) is 9.59 Å². The van der Waals surface area contributed by atoms with Crippen LogP contribution in [0, 0.1) is 5.41 Å². The molecule has 0 aliphatic heterocycles. The van der Waals surface area contributed by atoms with Crippen molar-refractivity contribution in [2.75, 3.05) is 0 Å². The smallest absolute Gasteiger partial charge is 0.300 e. The van der Waals surface area contributed by atoms with E-state index in [2.05, 4.69) is 57.2 Å². The number of Topliss-reactive ketones (excluding diaryl/α,β-unsaturated/α-hetero) is 2. The molecule has 0 saturated carbocycles. The van der Waals surface area contributed by atoms with Gasteiger partial charge < -0.3 is 0 Å². The minimum absolute atomic E-state index is 0.00659. The Balaban J connectivity index is 1.38. The lowest BCUT2D eigenvalue weighted by atomic mass is 9.80. The molecule has 0 saturated heterocycles. The molecule has 2 aliphatic carbocycles. The molecule has 0 amide bonds. The average molecular weight is 641 g/mol. The lowest BCUT2D eigenvalue weighted by Gasteiger charge is -2.24. The van der Waals surface area contributed by atoms with Crippen LogP contribution in [0.5, 0.6) is 0 Å². The highest BCUT2D eigenvalue weighted by Crippen LogP contribution is 2.37. The number of unbranched alkanes of at least 4 members (excludes halogenated alkanes) is 1. The second kappa shape index (κ2) is 15.0. The molecule has 0 N–H and O–H groups in total. The third kappa shape index (κ3) is 9.65. The number of hydrogen-bond donors (Lipinski definition) is 0. The van der Waals surface area contributed by atoms with Crippen molar-refractivity contribution < 1.29 is 22.8 Å². The molecule has 0 aromatic heterocycles. The van der Waals surface area contributed by atoms with Gasteiger partial charge in [0.1, 0.15) is 11.6 Å². The Morgan fingerprint density at radius 1 is 0.830 bits per heavy atom. The first-order valence-corrected chi connectivity index (χ1v) is 17.2. The van der Waals surface area contributed by atoms with Crippen molar-refractivity contribution in [3.63, 3.8) is 0 Å². The lowest BCUT2D eigenvalue weighted by Crippen LogP contribution is -2.18. The maximum Gasteiger partial charge on any atom is 0.416 e. The number of benzene rings is 3. The molecule has 3 aromatic carbocycles. The highest BCUT2D eigenvalue weighted by atomic mass is 19.4. The Hall–Kier alpha value is -3.73. The van der Waals surface area contributed by atoms with Crippen LogP contribution in [0.2, 0.25) is 0 Å². The van der Waals surface area contributed by atoms with E-state index in [9.17, 15) is 22.8 Å². The number of alkyl halides is 3. The van der Waals surface area contributed by atoms with Gasteiger partial charge in [0.15, 0.2) is 0 Å². The Morgan fingerprint density at radius 2 is 1.62 bits per heavy atom. The van der Waals surface area contributed by atoms with Gasteiger partial charge in [-0.2, -0.15) is 13.2 Å². The summed E-state index contributed by atoms with van der Waals surface area (Å²) in [5.74, 6) is 0.170. The zero-order valence-corrected chi connectivity index (χ0v) is 28.0. The molecule has 5 heteroatoms. The van der Waals surface area contributed by atoms with Crippen molar-refractivity contribution in [2.45, 2.75) is 110 Å². The van der Waals surface area contributed by atoms with E-state index in [1.54, 1.807) is 6.07 Å². The highest BCUT2D eigenvalue weighted by Gasteiger charge is 2.31. The maximum atomic E-state index is 14.2. The fraction of sp³-hybridized carbons (Fsp3) is 0.429. The van der Waals surface area contributed by atoms with Crippen molar-refractivity contribution in [1.82, 2.24) is 0 Å². The van der Waals surface area contributed by atoms with Gasteiger partial charge in [-0.25, -0.2) is 0 Å². The third-order valence-electron chi connectivity index (χ3n) is 9.34. The van der Waals surface area contributed by atoms with E-state index in [0.29, 0.717) is 36.2 Å². The summed E-state index contributed by atoms with van der Waals surface area (Å²) in [6.45, 7) is 6.28. The number of allylic oxidation sites excluding steroid dienone is 4. The summed E-state index contributed by atoms with van der Waals surface area (Å²) >= 11 is 0. The summed E-state index contributed by atoms with van der Waals surface area (Å²) in [4.78, 5) is 26.6. The van der Waals surface area contributed by atoms with Crippen LogP contribution in [0.1, 0.15) is 118 Å². The molecule has 1 atom stereocenters. The number of carbonyl (C=O) groups is 2. The Bertz CT molecular complexity index is 1650. The van der Waals surface area contributed by atoms with E-state index in [-0.39, 0.29) is 17.1 Å². The van der Waals surface area contributed by atoms with E-state index < -0.39 is 11.7 Å². The summed E-state index contributed by atoms with van der Waals surface area (Å²) in [7, 11) is 0. The first-order chi connectivity index (χ1) is 22.4. The summed E-state index contributed by atoms with van der Waals surface area (Å²) in [6, 6.07) is 17.9. The van der Waals surface area contributed by atoms with E-state index in [0.717, 1.165) is 86.1 Å². The zero-order chi connectivity index (χ0) is 33.6. The van der Waals surface area contributed by atoms with Gasteiger partial charge in [0, 0.05) is 25.2 Å². The van der Waals surface area contributed by atoms with Crippen LogP contribution in [0.15, 0.2) is 78.9 Å². The van der Waals surface area contributed by atoms with Gasteiger partial charge in [-0.1, -0.05) is 100 Å². The Morgan fingerprint density at radius 3 is 2.36 bits per heavy atom. The fourth-order valence-corrected chi connectivity index (χ4v) is 7.04. The van der Waals surface area contributed by atoms with Crippen LogP contribution < -0.4 is 0 Å². The molecular formula is C42H47F3O2. The molecule has 0 radical (unpaired) electrons. The third-order valence-corrected chi connectivity index (χ3v) is 9.34. The number of halogens is 3. The van der Waals surface area contributed by atoms with Gasteiger partial charge in [0.2, 0.25) is 0 Å². The van der Waals surface area contributed by atoms with Crippen LogP contribution in [0.3, 0.4) is 0 Å². The average Bonchev–Trinajstić information content (AvgIpc) is 3.54. The van der Waals surface area contributed by atoms with Crippen molar-refractivity contribution >= 4 is 17.1 Å².